The molecule has 6 nitrogen and oxygen atoms in total. The van der Waals surface area contributed by atoms with Gasteiger partial charge in [0, 0.05) is 11.8 Å². The van der Waals surface area contributed by atoms with Gasteiger partial charge in [0.05, 0.1) is 23.5 Å². The van der Waals surface area contributed by atoms with Gasteiger partial charge in [-0.15, -0.1) is 0 Å². The second kappa shape index (κ2) is 4.32. The van der Waals surface area contributed by atoms with E-state index in [4.69, 9.17) is 0 Å². The van der Waals surface area contributed by atoms with E-state index in [-0.39, 0.29) is 23.2 Å². The maximum absolute atomic E-state index is 12.9. The number of fused-ring (bicyclic) bond motifs is 5. The zero-order chi connectivity index (χ0) is 17.4. The Morgan fingerprint density at radius 3 is 2.25 bits per heavy atom. The minimum absolute atomic E-state index is 0.0211. The molecule has 124 valence electrons. The van der Waals surface area contributed by atoms with E-state index >= 15 is 0 Å². The van der Waals surface area contributed by atoms with Gasteiger partial charge >= 0.3 is 0 Å². The third kappa shape index (κ3) is 1.60. The SMILES string of the molecule is C[C@@]12CC(=O)[C@@](C)(C1)[C@H]1C(=O)N(c3ccc(C(=O)[O-])cc3)C(=O)[C@@H]12. The molecule has 0 N–H and O–H groups in total. The van der Waals surface area contributed by atoms with Crippen molar-refractivity contribution >= 4 is 29.3 Å². The number of carboxylic acids is 1. The van der Waals surface area contributed by atoms with Crippen LogP contribution in [0.4, 0.5) is 5.69 Å². The van der Waals surface area contributed by atoms with Gasteiger partial charge in [-0.1, -0.05) is 26.0 Å². The lowest BCUT2D eigenvalue weighted by molar-refractivity contribution is -0.255. The monoisotopic (exact) mass is 326 g/mol. The summed E-state index contributed by atoms with van der Waals surface area (Å²) in [5.74, 6) is -3.00. The number of rotatable bonds is 2. The topological polar surface area (TPSA) is 94.6 Å². The molecule has 1 aromatic rings. The molecule has 1 saturated heterocycles. The van der Waals surface area contributed by atoms with Gasteiger partial charge in [-0.25, -0.2) is 0 Å². The van der Waals surface area contributed by atoms with Crippen molar-refractivity contribution in [3.8, 4) is 0 Å². The van der Waals surface area contributed by atoms with Crippen molar-refractivity contribution in [1.29, 1.82) is 0 Å². The first-order chi connectivity index (χ1) is 11.2. The molecule has 0 spiro atoms. The fraction of sp³-hybridized carbons (Fsp3) is 0.444. The van der Waals surface area contributed by atoms with Gasteiger partial charge in [0.15, 0.2) is 0 Å². The second-order valence-corrected chi connectivity index (χ2v) is 7.65. The summed E-state index contributed by atoms with van der Waals surface area (Å²) in [5, 5.41) is 10.8. The van der Waals surface area contributed by atoms with E-state index in [1.807, 2.05) is 6.92 Å². The molecule has 0 radical (unpaired) electrons. The van der Waals surface area contributed by atoms with E-state index in [9.17, 15) is 24.3 Å². The first-order valence-electron chi connectivity index (χ1n) is 7.92. The molecule has 3 aliphatic rings. The van der Waals surface area contributed by atoms with E-state index in [2.05, 4.69) is 0 Å². The van der Waals surface area contributed by atoms with Crippen LogP contribution < -0.4 is 10.0 Å². The van der Waals surface area contributed by atoms with E-state index in [0.29, 0.717) is 18.5 Å². The van der Waals surface area contributed by atoms with Crippen LogP contribution in [-0.2, 0) is 14.4 Å². The molecule has 24 heavy (non-hydrogen) atoms. The molecule has 2 bridgehead atoms. The summed E-state index contributed by atoms with van der Waals surface area (Å²) in [4.78, 5) is 50.2. The Labute approximate surface area is 138 Å². The van der Waals surface area contributed by atoms with Crippen LogP contribution in [0.2, 0.25) is 0 Å². The number of hydrogen-bond donors (Lipinski definition) is 0. The highest BCUT2D eigenvalue weighted by Gasteiger charge is 2.74. The number of imide groups is 1. The minimum atomic E-state index is -1.32. The summed E-state index contributed by atoms with van der Waals surface area (Å²) < 4.78 is 0. The van der Waals surface area contributed by atoms with Crippen LogP contribution in [0.15, 0.2) is 24.3 Å². The predicted molar refractivity (Wildman–Crippen MR) is 80.7 cm³/mol. The standard InChI is InChI=1S/C18H17NO5/c1-17-7-11(20)18(2,8-17)13-12(17)14(21)19(15(13)22)10-5-3-9(4-6-10)16(23)24/h3-6,12-13H,7-8H2,1-2H3,(H,23,24)/p-1/t12-,13-,17-,18-/m1/s1. The molecule has 1 heterocycles. The Hall–Kier alpha value is -2.50. The number of carbonyl (C=O) groups is 4. The number of anilines is 1. The van der Waals surface area contributed by atoms with Crippen LogP contribution in [0, 0.1) is 22.7 Å². The van der Waals surface area contributed by atoms with E-state index < -0.39 is 28.6 Å². The van der Waals surface area contributed by atoms with Crippen LogP contribution in [0.5, 0.6) is 0 Å². The van der Waals surface area contributed by atoms with Crippen molar-refractivity contribution in [3.63, 3.8) is 0 Å². The van der Waals surface area contributed by atoms with Crippen LogP contribution in [0.25, 0.3) is 0 Å². The van der Waals surface area contributed by atoms with Crippen molar-refractivity contribution in [1.82, 2.24) is 0 Å². The van der Waals surface area contributed by atoms with Crippen LogP contribution in [0.1, 0.15) is 37.0 Å². The molecule has 4 atom stereocenters. The fourth-order valence-corrected chi connectivity index (χ4v) is 5.09. The summed E-state index contributed by atoms with van der Waals surface area (Å²) in [5.41, 5.74) is -0.926. The van der Waals surface area contributed by atoms with Crippen LogP contribution in [0.3, 0.4) is 0 Å². The molecule has 2 aliphatic carbocycles. The lowest BCUT2D eigenvalue weighted by Gasteiger charge is -2.30. The molecule has 2 amide bonds. The Morgan fingerprint density at radius 1 is 1.08 bits per heavy atom. The fourth-order valence-electron chi connectivity index (χ4n) is 5.09. The molecule has 1 aliphatic heterocycles. The Balaban J connectivity index is 1.76. The minimum Gasteiger partial charge on any atom is -0.545 e. The third-order valence-electron chi connectivity index (χ3n) is 6.08. The number of nitrogens with zero attached hydrogens (tertiary/aromatic N) is 1. The lowest BCUT2D eigenvalue weighted by Crippen LogP contribution is -2.40. The Morgan fingerprint density at radius 2 is 1.67 bits per heavy atom. The number of ketones is 1. The summed E-state index contributed by atoms with van der Waals surface area (Å²) in [6.07, 6.45) is 0.907. The zero-order valence-electron chi connectivity index (χ0n) is 13.4. The molecule has 0 unspecified atom stereocenters. The van der Waals surface area contributed by atoms with Gasteiger partial charge in [0.25, 0.3) is 0 Å². The van der Waals surface area contributed by atoms with Gasteiger partial charge in [-0.2, -0.15) is 0 Å². The third-order valence-corrected chi connectivity index (χ3v) is 6.08. The maximum atomic E-state index is 12.9. The van der Waals surface area contributed by atoms with E-state index in [0.717, 1.165) is 4.90 Å². The predicted octanol–water partition coefficient (Wildman–Crippen LogP) is 0.545. The number of carbonyl (C=O) groups excluding carboxylic acids is 4. The first-order valence-corrected chi connectivity index (χ1v) is 7.92. The van der Waals surface area contributed by atoms with Crippen molar-refractivity contribution in [2.45, 2.75) is 26.7 Å². The molecule has 6 heteroatoms. The molecular weight excluding hydrogens is 310 g/mol. The molecule has 0 aromatic heterocycles. The van der Waals surface area contributed by atoms with Gasteiger partial charge in [-0.3, -0.25) is 19.3 Å². The summed E-state index contributed by atoms with van der Waals surface area (Å²) >= 11 is 0. The Kier molecular flexibility index (Phi) is 2.71. The number of carboxylic acid groups (broad SMARTS) is 1. The zero-order valence-corrected chi connectivity index (χ0v) is 13.4. The summed E-state index contributed by atoms with van der Waals surface area (Å²) in [6.45, 7) is 3.70. The molecule has 3 fully saturated rings. The molecule has 2 saturated carbocycles. The van der Waals surface area contributed by atoms with Crippen molar-refractivity contribution in [3.05, 3.63) is 29.8 Å². The van der Waals surface area contributed by atoms with Crippen molar-refractivity contribution < 1.29 is 24.3 Å². The highest BCUT2D eigenvalue weighted by atomic mass is 16.4. The average Bonchev–Trinajstić information content (AvgIpc) is 3.01. The van der Waals surface area contributed by atoms with Crippen LogP contribution >= 0.6 is 0 Å². The van der Waals surface area contributed by atoms with E-state index in [1.54, 1.807) is 6.92 Å². The summed E-state index contributed by atoms with van der Waals surface area (Å²) in [6, 6.07) is 5.47. The molecule has 4 rings (SSSR count). The van der Waals surface area contributed by atoms with E-state index in [1.165, 1.54) is 24.3 Å². The lowest BCUT2D eigenvalue weighted by atomic mass is 9.68. The summed E-state index contributed by atoms with van der Waals surface area (Å²) in [7, 11) is 0. The number of Topliss-reactive ketones (excluding diaryl/α,β-unsaturated/α-hetero) is 1. The smallest absolute Gasteiger partial charge is 0.238 e. The highest BCUT2D eigenvalue weighted by molar-refractivity contribution is 6.24. The molecule has 1 aromatic carbocycles. The van der Waals surface area contributed by atoms with Crippen molar-refractivity contribution in [2.24, 2.45) is 22.7 Å². The molecular formula is C18H16NO5-. The largest absolute Gasteiger partial charge is 0.545 e. The number of aromatic carboxylic acids is 1. The van der Waals surface area contributed by atoms with Gasteiger partial charge in [-0.05, 0) is 29.5 Å². The normalized spacial score (nSPS) is 37.2. The average molecular weight is 326 g/mol. The Bertz CT molecular complexity index is 813. The van der Waals surface area contributed by atoms with Gasteiger partial charge in [0.1, 0.15) is 5.78 Å². The van der Waals surface area contributed by atoms with Crippen molar-refractivity contribution in [2.75, 3.05) is 4.90 Å². The van der Waals surface area contributed by atoms with Gasteiger partial charge < -0.3 is 9.90 Å². The maximum Gasteiger partial charge on any atom is 0.238 e. The quantitative estimate of drug-likeness (QED) is 0.740. The first kappa shape index (κ1) is 15.1. The van der Waals surface area contributed by atoms with Gasteiger partial charge in [0.2, 0.25) is 11.8 Å². The number of amides is 2. The number of hydrogen-bond acceptors (Lipinski definition) is 5. The second-order valence-electron chi connectivity index (χ2n) is 7.65. The highest BCUT2D eigenvalue weighted by Crippen LogP contribution is 2.67. The van der Waals surface area contributed by atoms with Crippen LogP contribution in [-0.4, -0.2) is 23.6 Å². The number of benzene rings is 1.